The maximum atomic E-state index is 12.3. The van der Waals surface area contributed by atoms with Crippen LogP contribution in [0.2, 0.25) is 0 Å². The highest BCUT2D eigenvalue weighted by Gasteiger charge is 2.26. The van der Waals surface area contributed by atoms with E-state index in [9.17, 15) is 9.59 Å². The molecule has 1 aromatic heterocycles. The lowest BCUT2D eigenvalue weighted by atomic mass is 9.99. The molecule has 1 aromatic rings. The zero-order valence-corrected chi connectivity index (χ0v) is 12.5. The van der Waals surface area contributed by atoms with Crippen LogP contribution < -0.4 is 0 Å². The summed E-state index contributed by atoms with van der Waals surface area (Å²) in [5.41, 5.74) is 0.398. The molecule has 5 heteroatoms. The third-order valence-corrected chi connectivity index (χ3v) is 4.23. The van der Waals surface area contributed by atoms with Crippen molar-refractivity contribution in [3.8, 4) is 0 Å². The van der Waals surface area contributed by atoms with E-state index in [0.29, 0.717) is 5.56 Å². The van der Waals surface area contributed by atoms with Crippen molar-refractivity contribution in [2.45, 2.75) is 32.7 Å². The first kappa shape index (κ1) is 15.4. The van der Waals surface area contributed by atoms with Crippen molar-refractivity contribution in [1.29, 1.82) is 0 Å². The van der Waals surface area contributed by atoms with E-state index in [0.717, 1.165) is 17.4 Å². The van der Waals surface area contributed by atoms with Gasteiger partial charge in [0.25, 0.3) is 5.91 Å². The summed E-state index contributed by atoms with van der Waals surface area (Å²) in [6.45, 7) is 6.07. The van der Waals surface area contributed by atoms with Gasteiger partial charge in [-0.1, -0.05) is 6.92 Å². The first-order valence-electron chi connectivity index (χ1n) is 6.05. The monoisotopic (exact) mass is 281 g/mol. The Labute approximate surface area is 117 Å². The van der Waals surface area contributed by atoms with Crippen molar-refractivity contribution in [2.24, 2.45) is 0 Å². The summed E-state index contributed by atoms with van der Waals surface area (Å²) in [7, 11) is 1.79. The zero-order chi connectivity index (χ0) is 14.6. The van der Waals surface area contributed by atoms with Gasteiger partial charge in [0.2, 0.25) is 0 Å². The van der Waals surface area contributed by atoms with Gasteiger partial charge in [0.05, 0.1) is 5.56 Å². The lowest BCUT2D eigenvalue weighted by Crippen LogP contribution is -2.44. The summed E-state index contributed by atoms with van der Waals surface area (Å²) in [4.78, 5) is 25.2. The molecule has 0 radical (unpaired) electrons. The summed E-state index contributed by atoms with van der Waals surface area (Å²) in [6, 6.07) is 1.72. The number of carboxylic acid groups (broad SMARTS) is 1. The van der Waals surface area contributed by atoms with E-state index in [1.165, 1.54) is 17.4 Å². The number of carbonyl (C=O) groups is 2. The van der Waals surface area contributed by atoms with Crippen LogP contribution in [0.3, 0.4) is 0 Å². The van der Waals surface area contributed by atoms with E-state index in [4.69, 9.17) is 5.11 Å². The molecule has 1 rings (SSSR count). The predicted octanol–water partition coefficient (Wildman–Crippen LogP) is 3.11. The number of hydrogen-bond donors (Lipinski definition) is 1. The molecule has 0 aromatic carbocycles. The van der Waals surface area contributed by atoms with E-state index in [2.05, 4.69) is 0 Å². The highest BCUT2D eigenvalue weighted by atomic mass is 32.1. The van der Waals surface area contributed by atoms with Crippen LogP contribution in [0.1, 0.15) is 42.4 Å². The Hall–Kier alpha value is -1.62. The van der Waals surface area contributed by atoms with Gasteiger partial charge in [-0.15, -0.1) is 11.3 Å². The number of rotatable bonds is 5. The normalized spacial score (nSPS) is 11.8. The molecule has 0 fully saturated rings. The molecule has 0 aliphatic rings. The molecule has 0 unspecified atom stereocenters. The topological polar surface area (TPSA) is 57.6 Å². The van der Waals surface area contributed by atoms with E-state index in [1.807, 2.05) is 20.8 Å². The minimum atomic E-state index is -0.995. The van der Waals surface area contributed by atoms with Crippen molar-refractivity contribution in [3.05, 3.63) is 28.0 Å². The van der Waals surface area contributed by atoms with Gasteiger partial charge in [-0.3, -0.25) is 4.79 Å². The number of aliphatic carboxylic acids is 1. The van der Waals surface area contributed by atoms with Gasteiger partial charge < -0.3 is 10.0 Å². The van der Waals surface area contributed by atoms with Gasteiger partial charge >= 0.3 is 5.97 Å². The van der Waals surface area contributed by atoms with Crippen LogP contribution in [-0.2, 0) is 4.79 Å². The average Bonchev–Trinajstić information content (AvgIpc) is 2.83. The highest BCUT2D eigenvalue weighted by Crippen LogP contribution is 2.22. The van der Waals surface area contributed by atoms with Crippen molar-refractivity contribution in [3.63, 3.8) is 0 Å². The Bertz CT molecular complexity index is 503. The first-order chi connectivity index (χ1) is 8.77. The number of carboxylic acids is 1. The maximum Gasteiger partial charge on any atom is 0.328 e. The van der Waals surface area contributed by atoms with Gasteiger partial charge in [0.15, 0.2) is 0 Å². The molecular weight excluding hydrogens is 262 g/mol. The van der Waals surface area contributed by atoms with Crippen LogP contribution in [0.15, 0.2) is 17.5 Å². The zero-order valence-electron chi connectivity index (χ0n) is 11.6. The van der Waals surface area contributed by atoms with Gasteiger partial charge in [-0.2, -0.15) is 0 Å². The Morgan fingerprint density at radius 2 is 2.11 bits per heavy atom. The number of carbonyl (C=O) groups excluding carboxylic acids is 1. The van der Waals surface area contributed by atoms with Crippen LogP contribution in [0.5, 0.6) is 0 Å². The first-order valence-corrected chi connectivity index (χ1v) is 6.93. The molecule has 0 saturated heterocycles. The second-order valence-electron chi connectivity index (χ2n) is 4.94. The molecule has 0 atom stereocenters. The van der Waals surface area contributed by atoms with Gasteiger partial charge in [-0.05, 0) is 32.4 Å². The van der Waals surface area contributed by atoms with E-state index >= 15 is 0 Å². The lowest BCUT2D eigenvalue weighted by Gasteiger charge is -2.34. The Morgan fingerprint density at radius 3 is 2.63 bits per heavy atom. The molecule has 0 spiro atoms. The average molecular weight is 281 g/mol. The van der Waals surface area contributed by atoms with Crippen molar-refractivity contribution < 1.29 is 14.7 Å². The van der Waals surface area contributed by atoms with Gasteiger partial charge in [-0.25, -0.2) is 4.79 Å². The smallest absolute Gasteiger partial charge is 0.328 e. The molecular formula is C14H19NO3S. The van der Waals surface area contributed by atoms with Crippen LogP contribution in [0.25, 0.3) is 6.08 Å². The number of thiophene rings is 1. The van der Waals surface area contributed by atoms with Crippen molar-refractivity contribution in [2.75, 3.05) is 7.05 Å². The van der Waals surface area contributed by atoms with Crippen LogP contribution in [0.4, 0.5) is 0 Å². The fourth-order valence-electron chi connectivity index (χ4n) is 1.41. The van der Waals surface area contributed by atoms with Crippen molar-refractivity contribution >= 4 is 29.3 Å². The number of amides is 1. The second-order valence-corrected chi connectivity index (χ2v) is 5.88. The Balaban J connectivity index is 2.87. The quantitative estimate of drug-likeness (QED) is 0.844. The molecule has 4 nitrogen and oxygen atoms in total. The molecule has 0 aliphatic carbocycles. The fraction of sp³-hybridized carbons (Fsp3) is 0.429. The maximum absolute atomic E-state index is 12.3. The summed E-state index contributed by atoms with van der Waals surface area (Å²) < 4.78 is 0. The summed E-state index contributed by atoms with van der Waals surface area (Å²) >= 11 is 1.36. The molecule has 0 bridgehead atoms. The fourth-order valence-corrected chi connectivity index (χ4v) is 2.19. The van der Waals surface area contributed by atoms with E-state index in [-0.39, 0.29) is 11.4 Å². The minimum absolute atomic E-state index is 0.0434. The van der Waals surface area contributed by atoms with Gasteiger partial charge in [0, 0.05) is 28.9 Å². The van der Waals surface area contributed by atoms with E-state index < -0.39 is 5.97 Å². The van der Waals surface area contributed by atoms with Crippen LogP contribution in [0, 0.1) is 0 Å². The lowest BCUT2D eigenvalue weighted by molar-refractivity contribution is -0.131. The Morgan fingerprint density at radius 1 is 1.47 bits per heavy atom. The largest absolute Gasteiger partial charge is 0.478 e. The van der Waals surface area contributed by atoms with E-state index in [1.54, 1.807) is 23.4 Å². The molecule has 0 aliphatic heterocycles. The molecule has 1 N–H and O–H groups in total. The SMILES string of the molecule is CCC(C)(C)N(C)C(=O)c1csc(C=CC(=O)O)c1. The minimum Gasteiger partial charge on any atom is -0.478 e. The predicted molar refractivity (Wildman–Crippen MR) is 77.5 cm³/mol. The number of nitrogens with zero attached hydrogens (tertiary/aromatic N) is 1. The summed E-state index contributed by atoms with van der Waals surface area (Å²) in [6.07, 6.45) is 3.43. The molecule has 19 heavy (non-hydrogen) atoms. The highest BCUT2D eigenvalue weighted by molar-refractivity contribution is 7.11. The molecule has 1 heterocycles. The molecule has 0 saturated carbocycles. The summed E-state index contributed by atoms with van der Waals surface area (Å²) in [5.74, 6) is -1.04. The Kier molecular flexibility index (Phi) is 4.89. The standard InChI is InChI=1S/C14H19NO3S/c1-5-14(2,3)15(4)13(18)10-8-11(19-9-10)6-7-12(16)17/h6-9H,5H2,1-4H3,(H,16,17). The third-order valence-electron chi connectivity index (χ3n) is 3.33. The molecule has 104 valence electrons. The second kappa shape index (κ2) is 6.02. The van der Waals surface area contributed by atoms with Gasteiger partial charge in [0.1, 0.15) is 0 Å². The molecule has 1 amide bonds. The number of hydrogen-bond acceptors (Lipinski definition) is 3. The summed E-state index contributed by atoms with van der Waals surface area (Å²) in [5, 5.41) is 10.3. The van der Waals surface area contributed by atoms with Crippen LogP contribution in [-0.4, -0.2) is 34.5 Å². The van der Waals surface area contributed by atoms with Crippen molar-refractivity contribution in [1.82, 2.24) is 4.90 Å². The van der Waals surface area contributed by atoms with Crippen LogP contribution >= 0.6 is 11.3 Å². The third kappa shape index (κ3) is 3.92.